The van der Waals surface area contributed by atoms with Crippen molar-refractivity contribution in [3.8, 4) is 0 Å². The first-order chi connectivity index (χ1) is 15.5. The zero-order chi connectivity index (χ0) is 25.5. The molecular formula is C30H54O5. The van der Waals surface area contributed by atoms with Gasteiger partial charge in [-0.3, -0.25) is 0 Å². The Kier molecular flexibility index (Phi) is 7.55. The Morgan fingerprint density at radius 1 is 0.914 bits per heavy atom. The average molecular weight is 495 g/mol. The lowest BCUT2D eigenvalue weighted by Gasteiger charge is -2.70. The molecule has 0 amide bonds. The molecule has 5 heteroatoms. The number of aliphatic hydroxyl groups is 4. The number of allylic oxidation sites excluding steroid dienone is 2. The second kappa shape index (κ2) is 9.08. The van der Waals surface area contributed by atoms with E-state index < -0.39 is 17.8 Å². The third-order valence-corrected chi connectivity index (χ3v) is 12.2. The van der Waals surface area contributed by atoms with Crippen LogP contribution in [-0.2, 0) is 0 Å². The van der Waals surface area contributed by atoms with Gasteiger partial charge in [0, 0.05) is 5.92 Å². The summed E-state index contributed by atoms with van der Waals surface area (Å²) in [6, 6.07) is 0. The molecule has 5 nitrogen and oxygen atoms in total. The van der Waals surface area contributed by atoms with E-state index in [-0.39, 0.29) is 51.0 Å². The highest BCUT2D eigenvalue weighted by Crippen LogP contribution is 2.75. The summed E-state index contributed by atoms with van der Waals surface area (Å²) < 4.78 is 0. The van der Waals surface area contributed by atoms with Crippen LogP contribution < -0.4 is 0 Å². The molecule has 0 spiro atoms. The van der Waals surface area contributed by atoms with Gasteiger partial charge in [-0.2, -0.15) is 0 Å². The molecule has 0 aromatic rings. The summed E-state index contributed by atoms with van der Waals surface area (Å²) in [7, 11) is 0. The Labute approximate surface area is 213 Å². The van der Waals surface area contributed by atoms with E-state index in [4.69, 9.17) is 0 Å². The fourth-order valence-corrected chi connectivity index (χ4v) is 10.6. The Morgan fingerprint density at radius 3 is 2.11 bits per heavy atom. The molecule has 204 valence electrons. The molecule has 11 atom stereocenters. The molecule has 0 bridgehead atoms. The van der Waals surface area contributed by atoms with E-state index >= 15 is 0 Å². The quantitative estimate of drug-likeness (QED) is 0.426. The van der Waals surface area contributed by atoms with Crippen LogP contribution in [0.25, 0.3) is 0 Å². The van der Waals surface area contributed by atoms with Crippen LogP contribution in [0.3, 0.4) is 0 Å². The van der Waals surface area contributed by atoms with Gasteiger partial charge in [0.05, 0.1) is 23.9 Å². The zero-order valence-electron chi connectivity index (χ0n) is 23.6. The molecule has 4 rings (SSSR count). The normalized spacial score (nSPS) is 50.1. The lowest BCUT2D eigenvalue weighted by molar-refractivity contribution is -0.258. The second-order valence-corrected chi connectivity index (χ2v) is 14.7. The number of hydrogen-bond acceptors (Lipinski definition) is 4. The lowest BCUT2D eigenvalue weighted by atomic mass is 9.35. The van der Waals surface area contributed by atoms with Crippen molar-refractivity contribution in [3.05, 3.63) is 11.6 Å². The molecule has 4 fully saturated rings. The van der Waals surface area contributed by atoms with Crippen LogP contribution in [0.1, 0.15) is 107 Å². The van der Waals surface area contributed by atoms with Crippen molar-refractivity contribution in [1.29, 1.82) is 0 Å². The van der Waals surface area contributed by atoms with Crippen LogP contribution in [0.4, 0.5) is 0 Å². The van der Waals surface area contributed by atoms with Crippen LogP contribution in [0, 0.1) is 45.3 Å². The lowest BCUT2D eigenvalue weighted by Crippen LogP contribution is -2.68. The Balaban J connectivity index is 0.00000342. The molecule has 0 radical (unpaired) electrons. The monoisotopic (exact) mass is 494 g/mol. The van der Waals surface area contributed by atoms with Crippen molar-refractivity contribution in [2.75, 3.05) is 0 Å². The third kappa shape index (κ3) is 4.07. The maximum Gasteiger partial charge on any atom is 0.0678 e. The highest BCUT2D eigenvalue weighted by atomic mass is 16.3. The summed E-state index contributed by atoms with van der Waals surface area (Å²) in [5.41, 5.74) is -0.218. The molecule has 4 aliphatic rings. The van der Waals surface area contributed by atoms with Gasteiger partial charge >= 0.3 is 0 Å². The number of fused-ring (bicyclic) bond motifs is 5. The van der Waals surface area contributed by atoms with Crippen LogP contribution in [-0.4, -0.2) is 49.8 Å². The van der Waals surface area contributed by atoms with Crippen LogP contribution >= 0.6 is 0 Å². The smallest absolute Gasteiger partial charge is 0.0678 e. The fraction of sp³-hybridized carbons (Fsp3) is 0.933. The van der Waals surface area contributed by atoms with Gasteiger partial charge in [-0.15, -0.1) is 0 Å². The Hall–Kier alpha value is -0.460. The van der Waals surface area contributed by atoms with Crippen LogP contribution in [0.2, 0.25) is 0 Å². The summed E-state index contributed by atoms with van der Waals surface area (Å²) in [5.74, 6) is 0.646. The number of hydrogen-bond donors (Lipinski definition) is 4. The molecule has 6 N–H and O–H groups in total. The van der Waals surface area contributed by atoms with Gasteiger partial charge in [-0.25, -0.2) is 0 Å². The van der Waals surface area contributed by atoms with Crippen LogP contribution in [0.5, 0.6) is 0 Å². The first-order valence-electron chi connectivity index (χ1n) is 13.9. The average Bonchev–Trinajstić information content (AvgIpc) is 2.96. The van der Waals surface area contributed by atoms with Gasteiger partial charge in [-0.1, -0.05) is 46.3 Å². The van der Waals surface area contributed by atoms with E-state index in [2.05, 4.69) is 54.5 Å². The summed E-state index contributed by atoms with van der Waals surface area (Å²) in [5, 5.41) is 45.6. The van der Waals surface area contributed by atoms with E-state index in [1.807, 2.05) is 6.92 Å². The van der Waals surface area contributed by atoms with Gasteiger partial charge in [0.25, 0.3) is 0 Å². The number of rotatable bonds is 4. The number of aliphatic hydroxyl groups excluding tert-OH is 3. The molecule has 4 saturated carbocycles. The van der Waals surface area contributed by atoms with Gasteiger partial charge in [0.1, 0.15) is 0 Å². The topological polar surface area (TPSA) is 112 Å². The largest absolute Gasteiger partial charge is 0.412 e. The molecule has 0 heterocycles. The summed E-state index contributed by atoms with van der Waals surface area (Å²) in [6.45, 7) is 17.6. The van der Waals surface area contributed by atoms with Crippen LogP contribution in [0.15, 0.2) is 11.6 Å². The third-order valence-electron chi connectivity index (χ3n) is 12.2. The van der Waals surface area contributed by atoms with E-state index in [1.54, 1.807) is 0 Å². The van der Waals surface area contributed by atoms with Crippen molar-refractivity contribution in [1.82, 2.24) is 0 Å². The maximum atomic E-state index is 11.7. The fourth-order valence-electron chi connectivity index (χ4n) is 10.6. The highest BCUT2D eigenvalue weighted by Gasteiger charge is 2.72. The predicted molar refractivity (Wildman–Crippen MR) is 141 cm³/mol. The molecular weight excluding hydrogens is 440 g/mol. The molecule has 0 aromatic heterocycles. The summed E-state index contributed by atoms with van der Waals surface area (Å²) in [6.07, 6.45) is 7.62. The van der Waals surface area contributed by atoms with Crippen molar-refractivity contribution in [2.45, 2.75) is 131 Å². The molecule has 4 aliphatic carbocycles. The molecule has 0 saturated heterocycles. The Bertz CT molecular complexity index is 816. The zero-order valence-corrected chi connectivity index (χ0v) is 23.6. The van der Waals surface area contributed by atoms with Crippen molar-refractivity contribution >= 4 is 0 Å². The first kappa shape index (κ1) is 29.1. The molecule has 0 unspecified atom stereocenters. The predicted octanol–water partition coefficient (Wildman–Crippen LogP) is 4.65. The SMILES string of the molecule is CC(C)=CCC[C@](C)(O)[C@@H]1[C@H]2CC[C@@H]3[C@@]4(C)CC[C@H](O)C(C)(C)[C@@H]4[C@@H](O)C[C@@]3(C)[C@]2(C)C[C@@H]1O.O. The first-order valence-corrected chi connectivity index (χ1v) is 13.9. The minimum atomic E-state index is -0.909. The molecule has 0 aromatic carbocycles. The van der Waals surface area contributed by atoms with Gasteiger partial charge in [0.2, 0.25) is 0 Å². The minimum absolute atomic E-state index is 0. The summed E-state index contributed by atoms with van der Waals surface area (Å²) in [4.78, 5) is 0. The van der Waals surface area contributed by atoms with Crippen molar-refractivity contribution < 1.29 is 25.9 Å². The molecule has 35 heavy (non-hydrogen) atoms. The van der Waals surface area contributed by atoms with E-state index in [1.165, 1.54) is 5.57 Å². The van der Waals surface area contributed by atoms with Gasteiger partial charge in [0.15, 0.2) is 0 Å². The van der Waals surface area contributed by atoms with Gasteiger partial charge < -0.3 is 25.9 Å². The molecule has 0 aliphatic heterocycles. The second-order valence-electron chi connectivity index (χ2n) is 14.7. The maximum absolute atomic E-state index is 11.7. The van der Waals surface area contributed by atoms with E-state index in [0.717, 1.165) is 38.5 Å². The standard InChI is InChI=1S/C30H52O4.H2O/c1-18(2)10-9-14-30(8,34)24-19-11-12-22-27(5)15-13-23(33)26(3,4)25(27)21(32)17-29(22,7)28(19,6)16-20(24)31;/h10,19-25,31-34H,9,11-17H2,1-8H3;1H2/t19-,20+,21+,22-,23+,24-,25+,27-,28-,29-,30+;/m1./s1. The summed E-state index contributed by atoms with van der Waals surface area (Å²) >= 11 is 0. The van der Waals surface area contributed by atoms with Gasteiger partial charge in [-0.05, 0) is 112 Å². The minimum Gasteiger partial charge on any atom is -0.412 e. The van der Waals surface area contributed by atoms with Crippen molar-refractivity contribution in [2.24, 2.45) is 45.3 Å². The van der Waals surface area contributed by atoms with Crippen molar-refractivity contribution in [3.63, 3.8) is 0 Å². The Morgan fingerprint density at radius 2 is 1.51 bits per heavy atom. The van der Waals surface area contributed by atoms with E-state index in [9.17, 15) is 20.4 Å². The van der Waals surface area contributed by atoms with E-state index in [0.29, 0.717) is 18.8 Å². The highest BCUT2D eigenvalue weighted by molar-refractivity contribution is 5.21.